The molecule has 4 heteroatoms. The van der Waals surface area contributed by atoms with Gasteiger partial charge in [-0.05, 0) is 17.0 Å². The number of rotatable bonds is 3. The second-order valence-corrected chi connectivity index (χ2v) is 3.22. The highest BCUT2D eigenvalue weighted by Gasteiger charge is 2.09. The third kappa shape index (κ3) is 1.72. The molecule has 12 heavy (non-hydrogen) atoms. The van der Waals surface area contributed by atoms with E-state index in [1.165, 1.54) is 11.3 Å². The molecule has 0 aromatic carbocycles. The molecule has 0 aliphatic heterocycles. The largest absolute Gasteiger partial charge is 0.477 e. The van der Waals surface area contributed by atoms with E-state index in [2.05, 4.69) is 6.58 Å². The van der Waals surface area contributed by atoms with Gasteiger partial charge in [-0.3, -0.25) is 0 Å². The molecular weight excluding hydrogens is 174 g/mol. The quantitative estimate of drug-likeness (QED) is 0.700. The molecule has 1 aromatic heterocycles. The van der Waals surface area contributed by atoms with Crippen molar-refractivity contribution in [2.24, 2.45) is 5.73 Å². The molecule has 0 radical (unpaired) electrons. The molecule has 1 unspecified atom stereocenters. The lowest BCUT2D eigenvalue weighted by Gasteiger charge is -1.99. The molecule has 1 rings (SSSR count). The fraction of sp³-hybridized carbons (Fsp3) is 0.125. The van der Waals surface area contributed by atoms with E-state index < -0.39 is 5.97 Å². The van der Waals surface area contributed by atoms with E-state index in [0.29, 0.717) is 4.88 Å². The molecule has 0 amide bonds. The topological polar surface area (TPSA) is 63.3 Å². The zero-order valence-corrected chi connectivity index (χ0v) is 7.17. The summed E-state index contributed by atoms with van der Waals surface area (Å²) >= 11 is 1.17. The SMILES string of the molecule is C=CC(N)c1csc(C(=O)O)c1. The maximum absolute atomic E-state index is 10.5. The monoisotopic (exact) mass is 183 g/mol. The van der Waals surface area contributed by atoms with E-state index in [9.17, 15) is 4.79 Å². The number of aromatic carboxylic acids is 1. The Labute approximate surface area is 74.1 Å². The van der Waals surface area contributed by atoms with Crippen molar-refractivity contribution in [3.05, 3.63) is 34.5 Å². The summed E-state index contributed by atoms with van der Waals surface area (Å²) < 4.78 is 0. The van der Waals surface area contributed by atoms with Crippen LogP contribution in [0.25, 0.3) is 0 Å². The Morgan fingerprint density at radius 2 is 2.50 bits per heavy atom. The molecule has 0 aliphatic rings. The zero-order valence-electron chi connectivity index (χ0n) is 6.36. The first-order valence-electron chi connectivity index (χ1n) is 3.35. The number of nitrogens with two attached hydrogens (primary N) is 1. The summed E-state index contributed by atoms with van der Waals surface area (Å²) in [5.74, 6) is -0.914. The molecule has 0 aliphatic carbocycles. The van der Waals surface area contributed by atoms with Gasteiger partial charge in [0.1, 0.15) is 4.88 Å². The highest BCUT2D eigenvalue weighted by molar-refractivity contribution is 7.12. The fourth-order valence-electron chi connectivity index (χ4n) is 0.774. The maximum Gasteiger partial charge on any atom is 0.345 e. The van der Waals surface area contributed by atoms with Gasteiger partial charge in [-0.15, -0.1) is 17.9 Å². The van der Waals surface area contributed by atoms with Crippen LogP contribution in [0.2, 0.25) is 0 Å². The first-order valence-corrected chi connectivity index (χ1v) is 4.23. The highest BCUT2D eigenvalue weighted by Crippen LogP contribution is 2.19. The van der Waals surface area contributed by atoms with Crippen molar-refractivity contribution in [1.29, 1.82) is 0 Å². The normalized spacial score (nSPS) is 12.4. The molecule has 3 N–H and O–H groups in total. The van der Waals surface area contributed by atoms with Crippen LogP contribution < -0.4 is 5.73 Å². The Kier molecular flexibility index (Phi) is 2.62. The van der Waals surface area contributed by atoms with Crippen LogP contribution in [-0.4, -0.2) is 11.1 Å². The predicted molar refractivity (Wildman–Crippen MR) is 48.4 cm³/mol. The van der Waals surface area contributed by atoms with E-state index in [1.54, 1.807) is 17.5 Å². The minimum absolute atomic E-state index is 0.269. The number of thiophene rings is 1. The van der Waals surface area contributed by atoms with Gasteiger partial charge >= 0.3 is 5.97 Å². The molecule has 0 spiro atoms. The first-order chi connectivity index (χ1) is 5.65. The summed E-state index contributed by atoms with van der Waals surface area (Å²) in [6, 6.07) is 1.30. The number of hydrogen-bond donors (Lipinski definition) is 2. The van der Waals surface area contributed by atoms with Crippen molar-refractivity contribution in [1.82, 2.24) is 0 Å². The first kappa shape index (κ1) is 8.96. The van der Waals surface area contributed by atoms with Gasteiger partial charge < -0.3 is 10.8 Å². The van der Waals surface area contributed by atoms with E-state index in [-0.39, 0.29) is 6.04 Å². The molecule has 1 heterocycles. The summed E-state index contributed by atoms with van der Waals surface area (Å²) in [4.78, 5) is 10.8. The lowest BCUT2D eigenvalue weighted by Crippen LogP contribution is -2.04. The lowest BCUT2D eigenvalue weighted by molar-refractivity contribution is 0.0702. The highest BCUT2D eigenvalue weighted by atomic mass is 32.1. The average molecular weight is 183 g/mol. The summed E-state index contributed by atoms with van der Waals surface area (Å²) in [7, 11) is 0. The Morgan fingerprint density at radius 1 is 1.83 bits per heavy atom. The summed E-state index contributed by atoms with van der Waals surface area (Å²) in [6.07, 6.45) is 1.58. The second-order valence-electron chi connectivity index (χ2n) is 2.31. The minimum Gasteiger partial charge on any atom is -0.477 e. The van der Waals surface area contributed by atoms with Gasteiger partial charge in [0, 0.05) is 6.04 Å². The molecular formula is C8H9NO2S. The standard InChI is InChI=1S/C8H9NO2S/c1-2-6(9)5-3-7(8(10)11)12-4-5/h2-4,6H,1,9H2,(H,10,11). The van der Waals surface area contributed by atoms with Gasteiger partial charge in [0.15, 0.2) is 0 Å². The Bertz CT molecular complexity index is 306. The van der Waals surface area contributed by atoms with Gasteiger partial charge in [-0.1, -0.05) is 6.08 Å². The minimum atomic E-state index is -0.914. The lowest BCUT2D eigenvalue weighted by atomic mass is 10.1. The second kappa shape index (κ2) is 3.51. The van der Waals surface area contributed by atoms with E-state index in [1.807, 2.05) is 0 Å². The van der Waals surface area contributed by atoms with Gasteiger partial charge in [0.2, 0.25) is 0 Å². The van der Waals surface area contributed by atoms with Crippen LogP contribution in [0.4, 0.5) is 0 Å². The van der Waals surface area contributed by atoms with Gasteiger partial charge in [-0.25, -0.2) is 4.79 Å². The Morgan fingerprint density at radius 3 is 2.92 bits per heavy atom. The van der Waals surface area contributed by atoms with Crippen molar-refractivity contribution < 1.29 is 9.90 Å². The van der Waals surface area contributed by atoms with Crippen molar-refractivity contribution in [3.63, 3.8) is 0 Å². The van der Waals surface area contributed by atoms with Crippen LogP contribution >= 0.6 is 11.3 Å². The number of carboxylic acids is 1. The third-order valence-electron chi connectivity index (χ3n) is 1.47. The number of hydrogen-bond acceptors (Lipinski definition) is 3. The third-order valence-corrected chi connectivity index (χ3v) is 2.41. The van der Waals surface area contributed by atoms with Crippen molar-refractivity contribution in [2.75, 3.05) is 0 Å². The van der Waals surface area contributed by atoms with Gasteiger partial charge in [-0.2, -0.15) is 0 Å². The van der Waals surface area contributed by atoms with Crippen LogP contribution in [0.15, 0.2) is 24.1 Å². The summed E-state index contributed by atoms with van der Waals surface area (Å²) in [6.45, 7) is 3.52. The zero-order chi connectivity index (χ0) is 9.14. The van der Waals surface area contributed by atoms with Crippen LogP contribution in [0.5, 0.6) is 0 Å². The van der Waals surface area contributed by atoms with E-state index >= 15 is 0 Å². The maximum atomic E-state index is 10.5. The molecule has 1 aromatic rings. The van der Waals surface area contributed by atoms with Crippen LogP contribution in [-0.2, 0) is 0 Å². The molecule has 0 saturated carbocycles. The fourth-order valence-corrected chi connectivity index (χ4v) is 1.57. The van der Waals surface area contributed by atoms with Gasteiger partial charge in [0.25, 0.3) is 0 Å². The number of carbonyl (C=O) groups is 1. The van der Waals surface area contributed by atoms with Gasteiger partial charge in [0.05, 0.1) is 0 Å². The van der Waals surface area contributed by atoms with Crippen LogP contribution in [0.1, 0.15) is 21.3 Å². The molecule has 0 bridgehead atoms. The molecule has 64 valence electrons. The van der Waals surface area contributed by atoms with E-state index in [0.717, 1.165) is 5.56 Å². The Balaban J connectivity index is 2.91. The van der Waals surface area contributed by atoms with Crippen LogP contribution in [0.3, 0.4) is 0 Å². The molecule has 3 nitrogen and oxygen atoms in total. The molecule has 0 saturated heterocycles. The van der Waals surface area contributed by atoms with Crippen molar-refractivity contribution in [2.45, 2.75) is 6.04 Å². The average Bonchev–Trinajstić information content (AvgIpc) is 2.51. The number of carboxylic acid groups (broad SMARTS) is 1. The van der Waals surface area contributed by atoms with E-state index in [4.69, 9.17) is 10.8 Å². The summed E-state index contributed by atoms with van der Waals surface area (Å²) in [5.41, 5.74) is 6.40. The summed E-state index contributed by atoms with van der Waals surface area (Å²) in [5, 5.41) is 10.3. The molecule has 1 atom stereocenters. The van der Waals surface area contributed by atoms with Crippen molar-refractivity contribution >= 4 is 17.3 Å². The molecule has 0 fully saturated rings. The Hall–Kier alpha value is -1.13. The predicted octanol–water partition coefficient (Wildman–Crippen LogP) is 1.63. The smallest absolute Gasteiger partial charge is 0.345 e. The van der Waals surface area contributed by atoms with Crippen molar-refractivity contribution in [3.8, 4) is 0 Å². The van der Waals surface area contributed by atoms with Crippen LogP contribution in [0, 0.1) is 0 Å².